The summed E-state index contributed by atoms with van der Waals surface area (Å²) in [5, 5.41) is 4.06. The quantitative estimate of drug-likeness (QED) is 0.904. The van der Waals surface area contributed by atoms with E-state index in [9.17, 15) is 12.8 Å². The van der Waals surface area contributed by atoms with Gasteiger partial charge in [0.2, 0.25) is 10.0 Å². The number of rotatable bonds is 5. The Morgan fingerprint density at radius 1 is 1.36 bits per heavy atom. The van der Waals surface area contributed by atoms with Gasteiger partial charge in [-0.3, -0.25) is 4.68 Å². The fourth-order valence-electron chi connectivity index (χ4n) is 2.22. The summed E-state index contributed by atoms with van der Waals surface area (Å²) in [6.45, 7) is 4.05. The van der Waals surface area contributed by atoms with Crippen molar-refractivity contribution in [3.05, 3.63) is 46.0 Å². The van der Waals surface area contributed by atoms with Gasteiger partial charge in [-0.05, 0) is 44.0 Å². The Labute approximate surface area is 134 Å². The van der Waals surface area contributed by atoms with Crippen LogP contribution in [0.1, 0.15) is 17.0 Å². The average Bonchev–Trinajstić information content (AvgIpc) is 2.68. The lowest BCUT2D eigenvalue weighted by Gasteiger charge is -2.08. The van der Waals surface area contributed by atoms with Gasteiger partial charge in [-0.25, -0.2) is 17.5 Å². The molecule has 120 valence electrons. The van der Waals surface area contributed by atoms with Crippen LogP contribution in [-0.2, 0) is 23.5 Å². The topological polar surface area (TPSA) is 64.0 Å². The van der Waals surface area contributed by atoms with E-state index in [0.717, 1.165) is 29.1 Å². The molecule has 0 saturated heterocycles. The summed E-state index contributed by atoms with van der Waals surface area (Å²) in [7, 11) is -1.87. The van der Waals surface area contributed by atoms with E-state index < -0.39 is 15.8 Å². The molecule has 0 saturated carbocycles. The van der Waals surface area contributed by atoms with E-state index >= 15 is 0 Å². The summed E-state index contributed by atoms with van der Waals surface area (Å²) in [5.41, 5.74) is 2.90. The SMILES string of the molecule is Cc1nn(C)c(C)c1CCNS(=O)(=O)c1ccc(F)c(Cl)c1. The molecule has 0 unspecified atom stereocenters. The molecule has 0 aliphatic rings. The van der Waals surface area contributed by atoms with Crippen LogP contribution in [0, 0.1) is 19.7 Å². The molecule has 2 rings (SSSR count). The second-order valence-electron chi connectivity index (χ2n) is 5.00. The molecule has 0 aliphatic carbocycles. The first kappa shape index (κ1) is 16.9. The molecule has 0 amide bonds. The van der Waals surface area contributed by atoms with E-state index in [2.05, 4.69) is 9.82 Å². The highest BCUT2D eigenvalue weighted by Crippen LogP contribution is 2.19. The predicted octanol–water partition coefficient (Wildman–Crippen LogP) is 2.35. The van der Waals surface area contributed by atoms with E-state index in [1.165, 1.54) is 6.07 Å². The first-order valence-electron chi connectivity index (χ1n) is 6.66. The highest BCUT2D eigenvalue weighted by molar-refractivity contribution is 7.89. The standard InChI is InChI=1S/C14H17ClFN3O2S/c1-9-12(10(2)19(3)18-9)6-7-17-22(20,21)11-4-5-14(16)13(15)8-11/h4-5,8,17H,6-7H2,1-3H3. The Kier molecular flexibility index (Phi) is 4.89. The molecule has 1 aromatic heterocycles. The molecular weight excluding hydrogens is 329 g/mol. The summed E-state index contributed by atoms with van der Waals surface area (Å²) >= 11 is 5.62. The molecular formula is C14H17ClFN3O2S. The highest BCUT2D eigenvalue weighted by atomic mass is 35.5. The number of sulfonamides is 1. The van der Waals surface area contributed by atoms with Gasteiger partial charge < -0.3 is 0 Å². The monoisotopic (exact) mass is 345 g/mol. The number of nitrogens with zero attached hydrogens (tertiary/aromatic N) is 2. The van der Waals surface area contributed by atoms with Crippen molar-refractivity contribution in [2.75, 3.05) is 6.54 Å². The van der Waals surface area contributed by atoms with Gasteiger partial charge in [0.05, 0.1) is 15.6 Å². The molecule has 5 nitrogen and oxygen atoms in total. The second-order valence-corrected chi connectivity index (χ2v) is 7.17. The fraction of sp³-hybridized carbons (Fsp3) is 0.357. The predicted molar refractivity (Wildman–Crippen MR) is 83.0 cm³/mol. The molecule has 0 aliphatic heterocycles. The number of aromatic nitrogens is 2. The summed E-state index contributed by atoms with van der Waals surface area (Å²) in [6, 6.07) is 3.32. The molecule has 8 heteroatoms. The van der Waals surface area contributed by atoms with Gasteiger partial charge in [0, 0.05) is 19.3 Å². The Balaban J connectivity index is 2.08. The van der Waals surface area contributed by atoms with Gasteiger partial charge in [0.25, 0.3) is 0 Å². The minimum Gasteiger partial charge on any atom is -0.272 e. The van der Waals surface area contributed by atoms with Gasteiger partial charge in [-0.1, -0.05) is 11.6 Å². The lowest BCUT2D eigenvalue weighted by atomic mass is 10.1. The lowest BCUT2D eigenvalue weighted by molar-refractivity contribution is 0.580. The minimum atomic E-state index is -3.72. The number of aryl methyl sites for hydroxylation is 2. The Morgan fingerprint density at radius 3 is 2.59 bits per heavy atom. The molecule has 0 atom stereocenters. The average molecular weight is 346 g/mol. The molecule has 22 heavy (non-hydrogen) atoms. The third-order valence-corrected chi connectivity index (χ3v) is 5.28. The molecule has 2 aromatic rings. The zero-order valence-corrected chi connectivity index (χ0v) is 14.1. The molecule has 0 bridgehead atoms. The third kappa shape index (κ3) is 3.48. The fourth-order valence-corrected chi connectivity index (χ4v) is 3.52. The van der Waals surface area contributed by atoms with Crippen molar-refractivity contribution in [3.8, 4) is 0 Å². The minimum absolute atomic E-state index is 0.0569. The van der Waals surface area contributed by atoms with Crippen molar-refractivity contribution in [3.63, 3.8) is 0 Å². The Hall–Kier alpha value is -1.44. The first-order chi connectivity index (χ1) is 10.2. The first-order valence-corrected chi connectivity index (χ1v) is 8.52. The molecule has 1 aromatic carbocycles. The Morgan fingerprint density at radius 2 is 2.05 bits per heavy atom. The van der Waals surface area contributed by atoms with E-state index in [-0.39, 0.29) is 16.5 Å². The Bertz CT molecular complexity index is 803. The van der Waals surface area contributed by atoms with Crippen molar-refractivity contribution in [2.45, 2.75) is 25.2 Å². The maximum Gasteiger partial charge on any atom is 0.240 e. The summed E-state index contributed by atoms with van der Waals surface area (Å²) in [4.78, 5) is -0.0569. The van der Waals surface area contributed by atoms with Gasteiger partial charge in [0.1, 0.15) is 5.82 Å². The van der Waals surface area contributed by atoms with Crippen LogP contribution in [-0.4, -0.2) is 24.7 Å². The van der Waals surface area contributed by atoms with Crippen LogP contribution < -0.4 is 4.72 Å². The van der Waals surface area contributed by atoms with Crippen LogP contribution in [0.25, 0.3) is 0 Å². The molecule has 0 spiro atoms. The van der Waals surface area contributed by atoms with Crippen LogP contribution in [0.3, 0.4) is 0 Å². The molecule has 1 heterocycles. The van der Waals surface area contributed by atoms with Crippen LogP contribution >= 0.6 is 11.6 Å². The van der Waals surface area contributed by atoms with Crippen molar-refractivity contribution in [2.24, 2.45) is 7.05 Å². The van der Waals surface area contributed by atoms with Gasteiger partial charge in [0.15, 0.2) is 0 Å². The van der Waals surface area contributed by atoms with Crippen LogP contribution in [0.5, 0.6) is 0 Å². The van der Waals surface area contributed by atoms with Crippen LogP contribution in [0.15, 0.2) is 23.1 Å². The third-order valence-electron chi connectivity index (χ3n) is 3.53. The van der Waals surface area contributed by atoms with Crippen LogP contribution in [0.2, 0.25) is 5.02 Å². The summed E-state index contributed by atoms with van der Waals surface area (Å²) < 4.78 is 41.6. The number of halogens is 2. The molecule has 0 radical (unpaired) electrons. The highest BCUT2D eigenvalue weighted by Gasteiger charge is 2.16. The molecule has 0 fully saturated rings. The van der Waals surface area contributed by atoms with E-state index in [4.69, 9.17) is 11.6 Å². The van der Waals surface area contributed by atoms with Gasteiger partial charge in [-0.2, -0.15) is 5.10 Å². The van der Waals surface area contributed by atoms with E-state index in [1.54, 1.807) is 4.68 Å². The number of benzene rings is 1. The number of hydrogen-bond acceptors (Lipinski definition) is 3. The summed E-state index contributed by atoms with van der Waals surface area (Å²) in [5.74, 6) is -0.651. The van der Waals surface area contributed by atoms with E-state index in [0.29, 0.717) is 6.42 Å². The summed E-state index contributed by atoms with van der Waals surface area (Å²) in [6.07, 6.45) is 0.527. The van der Waals surface area contributed by atoms with Gasteiger partial charge in [-0.15, -0.1) is 0 Å². The van der Waals surface area contributed by atoms with Gasteiger partial charge >= 0.3 is 0 Å². The zero-order valence-electron chi connectivity index (χ0n) is 12.5. The van der Waals surface area contributed by atoms with Crippen molar-refractivity contribution in [1.29, 1.82) is 0 Å². The maximum absolute atomic E-state index is 13.1. The second kappa shape index (κ2) is 6.36. The largest absolute Gasteiger partial charge is 0.272 e. The smallest absolute Gasteiger partial charge is 0.240 e. The number of hydrogen-bond donors (Lipinski definition) is 1. The van der Waals surface area contributed by atoms with Crippen molar-refractivity contribution >= 4 is 21.6 Å². The van der Waals surface area contributed by atoms with Crippen LogP contribution in [0.4, 0.5) is 4.39 Å². The maximum atomic E-state index is 13.1. The lowest BCUT2D eigenvalue weighted by Crippen LogP contribution is -2.26. The molecule has 1 N–H and O–H groups in total. The van der Waals surface area contributed by atoms with Crippen molar-refractivity contribution in [1.82, 2.24) is 14.5 Å². The zero-order chi connectivity index (χ0) is 16.5. The normalized spacial score (nSPS) is 11.9. The van der Waals surface area contributed by atoms with E-state index in [1.807, 2.05) is 20.9 Å². The van der Waals surface area contributed by atoms with Crippen molar-refractivity contribution < 1.29 is 12.8 Å². The number of nitrogens with one attached hydrogen (secondary N) is 1.